The first-order valence-corrected chi connectivity index (χ1v) is 7.60. The molecular formula is C13H12Cl2IN3. The number of rotatable bonds is 3. The number of aromatic nitrogens is 2. The van der Waals surface area contributed by atoms with E-state index in [1.807, 2.05) is 26.0 Å². The van der Waals surface area contributed by atoms with Gasteiger partial charge in [-0.05, 0) is 48.6 Å². The molecule has 0 unspecified atom stereocenters. The lowest BCUT2D eigenvalue weighted by Gasteiger charge is -2.11. The lowest BCUT2D eigenvalue weighted by atomic mass is 10.2. The third-order valence-electron chi connectivity index (χ3n) is 2.55. The molecule has 1 N–H and O–H groups in total. The normalized spacial score (nSPS) is 10.6. The molecule has 2 aromatic rings. The van der Waals surface area contributed by atoms with Gasteiger partial charge in [0.15, 0.2) is 5.82 Å². The zero-order valence-corrected chi connectivity index (χ0v) is 14.1. The van der Waals surface area contributed by atoms with Crippen molar-refractivity contribution in [2.75, 3.05) is 11.9 Å². The fourth-order valence-electron chi connectivity index (χ4n) is 1.64. The van der Waals surface area contributed by atoms with Crippen LogP contribution in [-0.4, -0.2) is 16.5 Å². The van der Waals surface area contributed by atoms with Gasteiger partial charge in [0.25, 0.3) is 0 Å². The second-order valence-electron chi connectivity index (χ2n) is 3.93. The Bertz CT molecular complexity index is 617. The van der Waals surface area contributed by atoms with Gasteiger partial charge in [0.2, 0.25) is 0 Å². The summed E-state index contributed by atoms with van der Waals surface area (Å²) < 4.78 is 1.02. The first-order valence-electron chi connectivity index (χ1n) is 5.77. The van der Waals surface area contributed by atoms with Gasteiger partial charge >= 0.3 is 0 Å². The van der Waals surface area contributed by atoms with E-state index in [-0.39, 0.29) is 0 Å². The number of hydrogen-bond donors (Lipinski definition) is 1. The van der Waals surface area contributed by atoms with Gasteiger partial charge in [-0.1, -0.05) is 29.3 Å². The second kappa shape index (κ2) is 6.24. The van der Waals surface area contributed by atoms with Crippen molar-refractivity contribution in [3.05, 3.63) is 37.5 Å². The van der Waals surface area contributed by atoms with Crippen LogP contribution in [-0.2, 0) is 0 Å². The molecule has 0 fully saturated rings. The van der Waals surface area contributed by atoms with Crippen LogP contribution >= 0.6 is 45.8 Å². The topological polar surface area (TPSA) is 37.8 Å². The van der Waals surface area contributed by atoms with Crippen LogP contribution in [0, 0.1) is 10.5 Å². The number of aryl methyl sites for hydroxylation is 1. The van der Waals surface area contributed by atoms with E-state index < -0.39 is 0 Å². The summed E-state index contributed by atoms with van der Waals surface area (Å²) in [7, 11) is 0. The predicted octanol–water partition coefficient (Wildman–Crippen LogP) is 4.80. The monoisotopic (exact) mass is 407 g/mol. The minimum atomic E-state index is 0.479. The summed E-state index contributed by atoms with van der Waals surface area (Å²) in [5, 5.41) is 4.21. The van der Waals surface area contributed by atoms with Crippen molar-refractivity contribution in [1.29, 1.82) is 0 Å². The number of hydrogen-bond acceptors (Lipinski definition) is 3. The molecule has 1 aromatic heterocycles. The maximum absolute atomic E-state index is 6.22. The molecule has 19 heavy (non-hydrogen) atoms. The number of halogens is 3. The third kappa shape index (κ3) is 3.12. The fourth-order valence-corrected chi connectivity index (χ4v) is 2.46. The van der Waals surface area contributed by atoms with Crippen LogP contribution in [0.2, 0.25) is 10.0 Å². The summed E-state index contributed by atoms with van der Waals surface area (Å²) in [6, 6.07) is 5.46. The van der Waals surface area contributed by atoms with Crippen molar-refractivity contribution in [2.24, 2.45) is 0 Å². The molecule has 0 aliphatic heterocycles. The highest BCUT2D eigenvalue weighted by Crippen LogP contribution is 2.33. The second-order valence-corrected chi connectivity index (χ2v) is 5.79. The van der Waals surface area contributed by atoms with Gasteiger partial charge in [-0.25, -0.2) is 9.97 Å². The molecule has 0 amide bonds. The summed E-state index contributed by atoms with van der Waals surface area (Å²) in [6.45, 7) is 4.78. The van der Waals surface area contributed by atoms with Gasteiger partial charge in [0, 0.05) is 12.1 Å². The van der Waals surface area contributed by atoms with Gasteiger partial charge in [-0.2, -0.15) is 0 Å². The van der Waals surface area contributed by atoms with Crippen molar-refractivity contribution in [1.82, 2.24) is 9.97 Å². The molecule has 0 atom stereocenters. The number of nitrogens with zero attached hydrogens (tertiary/aromatic N) is 2. The predicted molar refractivity (Wildman–Crippen MR) is 89.1 cm³/mol. The molecular weight excluding hydrogens is 396 g/mol. The van der Waals surface area contributed by atoms with Crippen LogP contribution in [0.15, 0.2) is 18.2 Å². The van der Waals surface area contributed by atoms with E-state index in [9.17, 15) is 0 Å². The molecule has 1 aromatic carbocycles. The zero-order chi connectivity index (χ0) is 14.0. The smallest absolute Gasteiger partial charge is 0.163 e. The van der Waals surface area contributed by atoms with Gasteiger partial charge in [0.1, 0.15) is 5.82 Å². The summed E-state index contributed by atoms with van der Waals surface area (Å²) in [4.78, 5) is 9.01. The van der Waals surface area contributed by atoms with Crippen molar-refractivity contribution >= 4 is 51.6 Å². The van der Waals surface area contributed by atoms with Crippen LogP contribution in [0.4, 0.5) is 5.82 Å². The minimum Gasteiger partial charge on any atom is -0.369 e. The number of benzene rings is 1. The van der Waals surface area contributed by atoms with E-state index in [1.54, 1.807) is 6.07 Å². The summed E-state index contributed by atoms with van der Waals surface area (Å²) in [6.07, 6.45) is 0. The Morgan fingerprint density at radius 2 is 2.00 bits per heavy atom. The van der Waals surface area contributed by atoms with Gasteiger partial charge in [-0.15, -0.1) is 0 Å². The summed E-state index contributed by atoms with van der Waals surface area (Å²) >= 11 is 14.5. The largest absolute Gasteiger partial charge is 0.369 e. The Morgan fingerprint density at radius 1 is 1.26 bits per heavy atom. The van der Waals surface area contributed by atoms with Crippen molar-refractivity contribution < 1.29 is 0 Å². The highest BCUT2D eigenvalue weighted by atomic mass is 127. The van der Waals surface area contributed by atoms with E-state index >= 15 is 0 Å². The molecule has 0 radical (unpaired) electrons. The van der Waals surface area contributed by atoms with Crippen LogP contribution in [0.25, 0.3) is 11.4 Å². The summed E-state index contributed by atoms with van der Waals surface area (Å²) in [5.74, 6) is 1.41. The van der Waals surface area contributed by atoms with Crippen LogP contribution in [0.1, 0.15) is 12.6 Å². The molecule has 0 bridgehead atoms. The molecule has 0 aliphatic carbocycles. The van der Waals surface area contributed by atoms with Crippen molar-refractivity contribution in [3.8, 4) is 11.4 Å². The Balaban J connectivity index is 2.59. The molecule has 0 aliphatic rings. The van der Waals surface area contributed by atoms with Crippen molar-refractivity contribution in [2.45, 2.75) is 13.8 Å². The fraction of sp³-hybridized carbons (Fsp3) is 0.231. The van der Waals surface area contributed by atoms with Crippen LogP contribution in [0.5, 0.6) is 0 Å². The first kappa shape index (κ1) is 14.8. The molecule has 2 rings (SSSR count). The van der Waals surface area contributed by atoms with E-state index in [2.05, 4.69) is 37.9 Å². The molecule has 1 heterocycles. The van der Waals surface area contributed by atoms with Crippen molar-refractivity contribution in [3.63, 3.8) is 0 Å². The molecule has 100 valence electrons. The summed E-state index contributed by atoms with van der Waals surface area (Å²) in [5.41, 5.74) is 1.66. The lowest BCUT2D eigenvalue weighted by Crippen LogP contribution is -2.06. The Labute approximate surface area is 135 Å². The van der Waals surface area contributed by atoms with E-state index in [4.69, 9.17) is 23.2 Å². The standard InChI is InChI=1S/C13H12Cl2IN3/c1-3-17-13-11(16)7(2)18-12(19-13)8-5-4-6-9(14)10(8)15/h4-6H,3H2,1-2H3,(H,17,18,19). The van der Waals surface area contributed by atoms with E-state index in [1.165, 1.54) is 0 Å². The van der Waals surface area contributed by atoms with Crippen LogP contribution < -0.4 is 5.32 Å². The number of nitrogens with one attached hydrogen (secondary N) is 1. The highest BCUT2D eigenvalue weighted by molar-refractivity contribution is 14.1. The van der Waals surface area contributed by atoms with Gasteiger partial charge in [-0.3, -0.25) is 0 Å². The lowest BCUT2D eigenvalue weighted by molar-refractivity contribution is 1.06. The Morgan fingerprint density at radius 3 is 2.68 bits per heavy atom. The quantitative estimate of drug-likeness (QED) is 0.743. The maximum Gasteiger partial charge on any atom is 0.163 e. The van der Waals surface area contributed by atoms with Gasteiger partial charge < -0.3 is 5.32 Å². The Kier molecular flexibility index (Phi) is 4.86. The molecule has 0 saturated carbocycles. The average molecular weight is 408 g/mol. The highest BCUT2D eigenvalue weighted by Gasteiger charge is 2.13. The third-order valence-corrected chi connectivity index (χ3v) is 4.66. The average Bonchev–Trinajstić information content (AvgIpc) is 2.38. The first-order chi connectivity index (χ1) is 9.04. The molecule has 6 heteroatoms. The molecule has 3 nitrogen and oxygen atoms in total. The zero-order valence-electron chi connectivity index (χ0n) is 10.5. The van der Waals surface area contributed by atoms with Crippen LogP contribution in [0.3, 0.4) is 0 Å². The van der Waals surface area contributed by atoms with E-state index in [0.29, 0.717) is 15.9 Å². The number of anilines is 1. The minimum absolute atomic E-state index is 0.479. The Hall–Kier alpha value is -0.590. The molecule has 0 spiro atoms. The van der Waals surface area contributed by atoms with E-state index in [0.717, 1.165) is 27.2 Å². The van der Waals surface area contributed by atoms with Gasteiger partial charge in [0.05, 0.1) is 19.3 Å². The molecule has 0 saturated heterocycles. The maximum atomic E-state index is 6.22. The SMILES string of the molecule is CCNc1nc(-c2cccc(Cl)c2Cl)nc(C)c1I.